The molecule has 0 saturated carbocycles. The molecular weight excluding hydrogens is 406 g/mol. The van der Waals surface area contributed by atoms with Crippen molar-refractivity contribution in [1.82, 2.24) is 9.88 Å². The van der Waals surface area contributed by atoms with Gasteiger partial charge in [0.2, 0.25) is 5.91 Å². The highest BCUT2D eigenvalue weighted by Gasteiger charge is 2.20. The molecular formula is C18H24ClN3O3S2. The fraction of sp³-hybridized carbons (Fsp3) is 0.444. The summed E-state index contributed by atoms with van der Waals surface area (Å²) in [5, 5.41) is 0.616. The second-order valence-electron chi connectivity index (χ2n) is 6.16. The topological polar surface area (TPSA) is 79.4 Å². The van der Waals surface area contributed by atoms with Crippen LogP contribution in [0.5, 0.6) is 0 Å². The molecule has 0 spiro atoms. The number of hydrogen-bond acceptors (Lipinski definition) is 5. The van der Waals surface area contributed by atoms with E-state index in [1.54, 1.807) is 25.3 Å². The average molecular weight is 430 g/mol. The van der Waals surface area contributed by atoms with Crippen LogP contribution in [0.4, 0.5) is 5.13 Å². The Morgan fingerprint density at radius 3 is 2.56 bits per heavy atom. The van der Waals surface area contributed by atoms with Crippen molar-refractivity contribution in [2.24, 2.45) is 0 Å². The highest BCUT2D eigenvalue weighted by molar-refractivity contribution is 7.93. The third-order valence-electron chi connectivity index (χ3n) is 3.95. The molecule has 27 heavy (non-hydrogen) atoms. The van der Waals surface area contributed by atoms with Crippen molar-refractivity contribution in [1.29, 1.82) is 0 Å². The number of amides is 1. The SMILES string of the molecule is CCCN(CCC)C(=O)Cc1cnc(NS(=O)(=O)c2cccc(Cl)c2C)s1. The van der Waals surface area contributed by atoms with Crippen molar-refractivity contribution in [2.75, 3.05) is 17.8 Å². The van der Waals surface area contributed by atoms with Crippen LogP contribution < -0.4 is 4.72 Å². The number of thiazole rings is 1. The molecule has 1 heterocycles. The van der Waals surface area contributed by atoms with Crippen LogP contribution in [0, 0.1) is 6.92 Å². The smallest absolute Gasteiger partial charge is 0.263 e. The Bertz CT molecular complexity index is 891. The number of sulfonamides is 1. The number of halogens is 1. The summed E-state index contributed by atoms with van der Waals surface area (Å²) in [5.41, 5.74) is 0.480. The maximum Gasteiger partial charge on any atom is 0.263 e. The minimum absolute atomic E-state index is 0.0300. The van der Waals surface area contributed by atoms with Crippen molar-refractivity contribution >= 4 is 44.0 Å². The number of carbonyl (C=O) groups is 1. The lowest BCUT2D eigenvalue weighted by Gasteiger charge is -2.20. The molecule has 0 aliphatic carbocycles. The molecule has 0 saturated heterocycles. The quantitative estimate of drug-likeness (QED) is 0.650. The van der Waals surface area contributed by atoms with Crippen molar-refractivity contribution in [3.63, 3.8) is 0 Å². The van der Waals surface area contributed by atoms with Crippen LogP contribution >= 0.6 is 22.9 Å². The summed E-state index contributed by atoms with van der Waals surface area (Å²) in [5.74, 6) is 0.0300. The molecule has 2 aromatic rings. The Morgan fingerprint density at radius 1 is 1.26 bits per heavy atom. The van der Waals surface area contributed by atoms with Gasteiger partial charge in [0.15, 0.2) is 5.13 Å². The van der Waals surface area contributed by atoms with Crippen molar-refractivity contribution in [3.8, 4) is 0 Å². The fourth-order valence-corrected chi connectivity index (χ4v) is 5.19. The van der Waals surface area contributed by atoms with Gasteiger partial charge in [-0.3, -0.25) is 9.52 Å². The normalized spacial score (nSPS) is 11.4. The predicted octanol–water partition coefficient (Wildman–Crippen LogP) is 4.10. The number of rotatable bonds is 9. The van der Waals surface area contributed by atoms with E-state index in [9.17, 15) is 13.2 Å². The van der Waals surface area contributed by atoms with Crippen molar-refractivity contribution in [3.05, 3.63) is 39.9 Å². The second kappa shape index (κ2) is 9.52. The molecule has 148 valence electrons. The highest BCUT2D eigenvalue weighted by Crippen LogP contribution is 2.27. The number of anilines is 1. The first-order valence-corrected chi connectivity index (χ1v) is 11.5. The van der Waals surface area contributed by atoms with Gasteiger partial charge >= 0.3 is 0 Å². The zero-order chi connectivity index (χ0) is 20.0. The molecule has 0 atom stereocenters. The second-order valence-corrected chi connectivity index (χ2v) is 9.33. The molecule has 1 aromatic heterocycles. The summed E-state index contributed by atoms with van der Waals surface area (Å²) >= 11 is 7.18. The minimum Gasteiger partial charge on any atom is -0.342 e. The monoisotopic (exact) mass is 429 g/mol. The first kappa shape index (κ1) is 21.7. The number of benzene rings is 1. The molecule has 1 amide bonds. The van der Waals surface area contributed by atoms with Crippen LogP contribution in [-0.4, -0.2) is 37.3 Å². The Hall–Kier alpha value is -1.64. The summed E-state index contributed by atoms with van der Waals surface area (Å²) in [6, 6.07) is 4.72. The highest BCUT2D eigenvalue weighted by atomic mass is 35.5. The Morgan fingerprint density at radius 2 is 1.93 bits per heavy atom. The molecule has 1 aromatic carbocycles. The zero-order valence-corrected chi connectivity index (χ0v) is 18.0. The van der Waals surface area contributed by atoms with Crippen LogP contribution in [0.25, 0.3) is 0 Å². The van der Waals surface area contributed by atoms with E-state index >= 15 is 0 Å². The molecule has 1 N–H and O–H groups in total. The van der Waals surface area contributed by atoms with E-state index < -0.39 is 10.0 Å². The zero-order valence-electron chi connectivity index (χ0n) is 15.7. The first-order valence-electron chi connectivity index (χ1n) is 8.78. The number of nitrogens with zero attached hydrogens (tertiary/aromatic N) is 2. The lowest BCUT2D eigenvalue weighted by molar-refractivity contribution is -0.130. The lowest BCUT2D eigenvalue weighted by atomic mass is 10.2. The van der Waals surface area contributed by atoms with Gasteiger partial charge in [0.1, 0.15) is 0 Å². The molecule has 0 fully saturated rings. The van der Waals surface area contributed by atoms with Gasteiger partial charge in [-0.15, -0.1) is 11.3 Å². The first-order chi connectivity index (χ1) is 12.8. The van der Waals surface area contributed by atoms with E-state index in [1.807, 2.05) is 18.7 Å². The number of hydrogen-bond donors (Lipinski definition) is 1. The van der Waals surface area contributed by atoms with Gasteiger partial charge in [0.05, 0.1) is 11.3 Å². The molecule has 0 radical (unpaired) electrons. The number of nitrogens with one attached hydrogen (secondary N) is 1. The molecule has 9 heteroatoms. The fourth-order valence-electron chi connectivity index (χ4n) is 2.65. The number of carbonyl (C=O) groups excluding carboxylic acids is 1. The number of aromatic nitrogens is 1. The van der Waals surface area contributed by atoms with Gasteiger partial charge in [-0.1, -0.05) is 31.5 Å². The third-order valence-corrected chi connectivity index (χ3v) is 6.88. The van der Waals surface area contributed by atoms with E-state index in [1.165, 1.54) is 6.07 Å². The summed E-state index contributed by atoms with van der Waals surface area (Å²) in [6.07, 6.45) is 3.56. The summed E-state index contributed by atoms with van der Waals surface area (Å²) < 4.78 is 27.7. The average Bonchev–Trinajstić information content (AvgIpc) is 3.03. The largest absolute Gasteiger partial charge is 0.342 e. The van der Waals surface area contributed by atoms with Crippen LogP contribution in [0.2, 0.25) is 5.02 Å². The Labute approximate surface area is 169 Å². The van der Waals surface area contributed by atoms with Crippen molar-refractivity contribution < 1.29 is 13.2 Å². The van der Waals surface area contributed by atoms with Crippen LogP contribution in [0.3, 0.4) is 0 Å². The molecule has 6 nitrogen and oxygen atoms in total. The van der Waals surface area contributed by atoms with Crippen LogP contribution in [0.15, 0.2) is 29.3 Å². The van der Waals surface area contributed by atoms with Crippen LogP contribution in [-0.2, 0) is 21.2 Å². The summed E-state index contributed by atoms with van der Waals surface area (Å²) in [7, 11) is -3.80. The van der Waals surface area contributed by atoms with Crippen molar-refractivity contribution in [2.45, 2.75) is 44.9 Å². The molecule has 0 unspecified atom stereocenters. The predicted molar refractivity (Wildman–Crippen MR) is 110 cm³/mol. The van der Waals surface area contributed by atoms with Gasteiger partial charge in [0, 0.05) is 29.2 Å². The van der Waals surface area contributed by atoms with E-state index in [2.05, 4.69) is 9.71 Å². The maximum absolute atomic E-state index is 12.6. The minimum atomic E-state index is -3.80. The standard InChI is InChI=1S/C18H24ClN3O3S2/c1-4-9-22(10-5-2)17(23)11-14-12-20-18(26-14)21-27(24,25)16-8-6-7-15(19)13(16)3/h6-8,12H,4-5,9-11H2,1-3H3,(H,20,21). The van der Waals surface area contributed by atoms with E-state index in [4.69, 9.17) is 11.6 Å². The third kappa shape index (κ3) is 5.67. The molecule has 0 bridgehead atoms. The van der Waals surface area contributed by atoms with Crippen LogP contribution in [0.1, 0.15) is 37.1 Å². The van der Waals surface area contributed by atoms with E-state index in [0.717, 1.165) is 42.1 Å². The van der Waals surface area contributed by atoms with Gasteiger partial charge in [-0.25, -0.2) is 13.4 Å². The van der Waals surface area contributed by atoms with Gasteiger partial charge in [0.25, 0.3) is 10.0 Å². The summed E-state index contributed by atoms with van der Waals surface area (Å²) in [6.45, 7) is 7.16. The summed E-state index contributed by atoms with van der Waals surface area (Å²) in [4.78, 5) is 19.2. The van der Waals surface area contributed by atoms with Gasteiger partial charge < -0.3 is 4.90 Å². The van der Waals surface area contributed by atoms with Gasteiger partial charge in [-0.05, 0) is 37.5 Å². The molecule has 2 rings (SSSR count). The molecule has 0 aliphatic heterocycles. The van der Waals surface area contributed by atoms with E-state index in [-0.39, 0.29) is 22.4 Å². The maximum atomic E-state index is 12.6. The Kier molecular flexibility index (Phi) is 7.64. The lowest BCUT2D eigenvalue weighted by Crippen LogP contribution is -2.33. The molecule has 0 aliphatic rings. The van der Waals surface area contributed by atoms with E-state index in [0.29, 0.717) is 10.6 Å². The Balaban J connectivity index is 2.11. The van der Waals surface area contributed by atoms with Gasteiger partial charge in [-0.2, -0.15) is 0 Å².